The highest BCUT2D eigenvalue weighted by Crippen LogP contribution is 2.19. The molecule has 0 spiro atoms. The van der Waals surface area contributed by atoms with Gasteiger partial charge in [-0.1, -0.05) is 0 Å². The molecule has 0 saturated carbocycles. The molecule has 0 saturated heterocycles. The second kappa shape index (κ2) is 5.97. The van der Waals surface area contributed by atoms with Crippen LogP contribution in [0.3, 0.4) is 0 Å². The van der Waals surface area contributed by atoms with E-state index in [1.165, 1.54) is 6.07 Å². The van der Waals surface area contributed by atoms with Gasteiger partial charge in [0.1, 0.15) is 12.4 Å². The standard InChI is InChI=1S/C13H14N2O3/c1-17-8-9-18-11-4-2-10(3-5-11)12-6-7-13(16)15-14-12/h2-7H,8-9H2,1H3,(H,15,16). The average Bonchev–Trinajstić information content (AvgIpc) is 2.41. The molecular formula is C13H14N2O3. The molecule has 1 aromatic carbocycles. The summed E-state index contributed by atoms with van der Waals surface area (Å²) in [4.78, 5) is 10.9. The quantitative estimate of drug-likeness (QED) is 0.811. The van der Waals surface area contributed by atoms with Gasteiger partial charge >= 0.3 is 0 Å². The van der Waals surface area contributed by atoms with Crippen molar-refractivity contribution in [2.75, 3.05) is 20.3 Å². The first kappa shape index (κ1) is 12.3. The van der Waals surface area contributed by atoms with E-state index in [2.05, 4.69) is 10.2 Å². The van der Waals surface area contributed by atoms with Crippen molar-refractivity contribution in [1.82, 2.24) is 10.2 Å². The van der Waals surface area contributed by atoms with Gasteiger partial charge in [-0.25, -0.2) is 5.10 Å². The molecule has 1 heterocycles. The number of H-pyrrole nitrogens is 1. The Bertz CT molecular complexity index is 528. The van der Waals surface area contributed by atoms with Crippen LogP contribution in [0.4, 0.5) is 0 Å². The Morgan fingerprint density at radius 3 is 2.50 bits per heavy atom. The molecule has 0 amide bonds. The van der Waals surface area contributed by atoms with E-state index in [9.17, 15) is 4.79 Å². The van der Waals surface area contributed by atoms with Crippen molar-refractivity contribution in [2.45, 2.75) is 0 Å². The van der Waals surface area contributed by atoms with Crippen molar-refractivity contribution in [3.8, 4) is 17.0 Å². The zero-order valence-corrected chi connectivity index (χ0v) is 10.1. The molecule has 0 unspecified atom stereocenters. The fourth-order valence-electron chi connectivity index (χ4n) is 1.47. The predicted octanol–water partition coefficient (Wildman–Crippen LogP) is 1.46. The number of hydrogen-bond donors (Lipinski definition) is 1. The van der Waals surface area contributed by atoms with Crippen LogP contribution < -0.4 is 10.3 Å². The minimum Gasteiger partial charge on any atom is -0.491 e. The maximum Gasteiger partial charge on any atom is 0.264 e. The number of aromatic amines is 1. The molecule has 94 valence electrons. The summed E-state index contributed by atoms with van der Waals surface area (Å²) >= 11 is 0. The fourth-order valence-corrected chi connectivity index (χ4v) is 1.47. The van der Waals surface area contributed by atoms with Crippen LogP contribution in [0.5, 0.6) is 5.75 Å². The lowest BCUT2D eigenvalue weighted by Crippen LogP contribution is -2.05. The van der Waals surface area contributed by atoms with E-state index in [4.69, 9.17) is 9.47 Å². The van der Waals surface area contributed by atoms with Gasteiger partial charge in [-0.15, -0.1) is 0 Å². The summed E-state index contributed by atoms with van der Waals surface area (Å²) in [6.45, 7) is 1.08. The molecule has 0 bridgehead atoms. The van der Waals surface area contributed by atoms with E-state index in [0.29, 0.717) is 13.2 Å². The zero-order valence-electron chi connectivity index (χ0n) is 10.1. The summed E-state index contributed by atoms with van der Waals surface area (Å²) in [7, 11) is 1.63. The van der Waals surface area contributed by atoms with Crippen molar-refractivity contribution >= 4 is 0 Å². The third kappa shape index (κ3) is 3.18. The highest BCUT2D eigenvalue weighted by Gasteiger charge is 2.00. The third-order valence-corrected chi connectivity index (χ3v) is 2.39. The van der Waals surface area contributed by atoms with Crippen molar-refractivity contribution < 1.29 is 9.47 Å². The van der Waals surface area contributed by atoms with Gasteiger partial charge in [-0.05, 0) is 30.3 Å². The molecule has 5 heteroatoms. The Morgan fingerprint density at radius 1 is 1.11 bits per heavy atom. The molecule has 0 aliphatic carbocycles. The highest BCUT2D eigenvalue weighted by molar-refractivity contribution is 5.59. The first-order valence-corrected chi connectivity index (χ1v) is 5.57. The van der Waals surface area contributed by atoms with Crippen LogP contribution in [0.25, 0.3) is 11.3 Å². The summed E-state index contributed by atoms with van der Waals surface area (Å²) in [5, 5.41) is 6.36. The maximum atomic E-state index is 10.9. The van der Waals surface area contributed by atoms with E-state index < -0.39 is 0 Å². The second-order valence-corrected chi connectivity index (χ2v) is 3.67. The topological polar surface area (TPSA) is 64.2 Å². The summed E-state index contributed by atoms with van der Waals surface area (Å²) in [6, 6.07) is 10.6. The summed E-state index contributed by atoms with van der Waals surface area (Å²) in [5.41, 5.74) is 1.43. The Labute approximate surface area is 104 Å². The van der Waals surface area contributed by atoms with E-state index in [1.807, 2.05) is 24.3 Å². The molecule has 18 heavy (non-hydrogen) atoms. The largest absolute Gasteiger partial charge is 0.491 e. The van der Waals surface area contributed by atoms with Gasteiger partial charge in [0.25, 0.3) is 5.56 Å². The van der Waals surface area contributed by atoms with E-state index in [1.54, 1.807) is 13.2 Å². The van der Waals surface area contributed by atoms with Gasteiger partial charge < -0.3 is 9.47 Å². The van der Waals surface area contributed by atoms with Gasteiger partial charge in [0.05, 0.1) is 12.3 Å². The SMILES string of the molecule is COCCOc1ccc(-c2ccc(=O)[nH]n2)cc1. The van der Waals surface area contributed by atoms with Gasteiger partial charge in [-0.3, -0.25) is 4.79 Å². The lowest BCUT2D eigenvalue weighted by Gasteiger charge is -2.06. The molecule has 1 N–H and O–H groups in total. The summed E-state index contributed by atoms with van der Waals surface area (Å²) < 4.78 is 10.4. The number of benzene rings is 1. The third-order valence-electron chi connectivity index (χ3n) is 2.39. The lowest BCUT2D eigenvalue weighted by molar-refractivity contribution is 0.146. The molecule has 2 aromatic rings. The first-order valence-electron chi connectivity index (χ1n) is 5.57. The number of rotatable bonds is 5. The van der Waals surface area contributed by atoms with Crippen molar-refractivity contribution in [2.24, 2.45) is 0 Å². The Kier molecular flexibility index (Phi) is 4.09. The smallest absolute Gasteiger partial charge is 0.264 e. The van der Waals surface area contributed by atoms with Crippen LogP contribution in [0, 0.1) is 0 Å². The minimum atomic E-state index is -0.210. The van der Waals surface area contributed by atoms with Gasteiger partial charge in [0.2, 0.25) is 0 Å². The normalized spacial score (nSPS) is 10.3. The summed E-state index contributed by atoms with van der Waals surface area (Å²) in [6.07, 6.45) is 0. The Morgan fingerprint density at radius 2 is 1.89 bits per heavy atom. The van der Waals surface area contributed by atoms with Crippen LogP contribution in [-0.4, -0.2) is 30.5 Å². The van der Waals surface area contributed by atoms with Crippen molar-refractivity contribution in [1.29, 1.82) is 0 Å². The number of aromatic nitrogens is 2. The molecule has 5 nitrogen and oxygen atoms in total. The number of nitrogens with zero attached hydrogens (tertiary/aromatic N) is 1. The van der Waals surface area contributed by atoms with Crippen LogP contribution in [0.1, 0.15) is 0 Å². The molecule has 0 aliphatic heterocycles. The van der Waals surface area contributed by atoms with Crippen LogP contribution >= 0.6 is 0 Å². The molecular weight excluding hydrogens is 232 g/mol. The lowest BCUT2D eigenvalue weighted by atomic mass is 10.1. The second-order valence-electron chi connectivity index (χ2n) is 3.67. The molecule has 1 aromatic heterocycles. The van der Waals surface area contributed by atoms with E-state index in [0.717, 1.165) is 17.0 Å². The first-order chi connectivity index (χ1) is 8.79. The molecule has 0 fully saturated rings. The monoisotopic (exact) mass is 246 g/mol. The number of ether oxygens (including phenoxy) is 2. The molecule has 0 radical (unpaired) electrons. The van der Waals surface area contributed by atoms with Crippen molar-refractivity contribution in [3.63, 3.8) is 0 Å². The predicted molar refractivity (Wildman–Crippen MR) is 67.7 cm³/mol. The number of nitrogens with one attached hydrogen (secondary N) is 1. The zero-order chi connectivity index (χ0) is 12.8. The van der Waals surface area contributed by atoms with E-state index in [-0.39, 0.29) is 5.56 Å². The minimum absolute atomic E-state index is 0.210. The van der Waals surface area contributed by atoms with Gasteiger partial charge in [0, 0.05) is 18.7 Å². The van der Waals surface area contributed by atoms with Gasteiger partial charge in [-0.2, -0.15) is 5.10 Å². The average molecular weight is 246 g/mol. The van der Waals surface area contributed by atoms with Crippen LogP contribution in [0.2, 0.25) is 0 Å². The number of methoxy groups -OCH3 is 1. The highest BCUT2D eigenvalue weighted by atomic mass is 16.5. The van der Waals surface area contributed by atoms with Gasteiger partial charge in [0.15, 0.2) is 0 Å². The maximum absolute atomic E-state index is 10.9. The number of hydrogen-bond acceptors (Lipinski definition) is 4. The Hall–Kier alpha value is -2.14. The fraction of sp³-hybridized carbons (Fsp3) is 0.231. The molecule has 0 aliphatic rings. The van der Waals surface area contributed by atoms with E-state index >= 15 is 0 Å². The molecule has 0 atom stereocenters. The van der Waals surface area contributed by atoms with Crippen LogP contribution in [0.15, 0.2) is 41.2 Å². The Balaban J connectivity index is 2.07. The summed E-state index contributed by atoms with van der Waals surface area (Å²) in [5.74, 6) is 0.778. The molecule has 2 rings (SSSR count). The van der Waals surface area contributed by atoms with Crippen LogP contribution in [-0.2, 0) is 4.74 Å². The van der Waals surface area contributed by atoms with Crippen molar-refractivity contribution in [3.05, 3.63) is 46.8 Å².